The number of rotatable bonds is 7. The van der Waals surface area contributed by atoms with Crippen molar-refractivity contribution in [1.29, 1.82) is 0 Å². The summed E-state index contributed by atoms with van der Waals surface area (Å²) in [5.74, 6) is -0.222. The van der Waals surface area contributed by atoms with Crippen LogP contribution in [0, 0.1) is 10.1 Å². The van der Waals surface area contributed by atoms with E-state index in [4.69, 9.17) is 9.47 Å². The molecule has 120 valence electrons. The Labute approximate surface area is 132 Å². The number of hydrogen-bond acceptors (Lipinski definition) is 6. The van der Waals surface area contributed by atoms with E-state index in [0.29, 0.717) is 18.0 Å². The van der Waals surface area contributed by atoms with Crippen LogP contribution >= 0.6 is 0 Å². The van der Waals surface area contributed by atoms with E-state index in [-0.39, 0.29) is 12.4 Å². The van der Waals surface area contributed by atoms with Crippen LogP contribution in [0.2, 0.25) is 0 Å². The third-order valence-electron chi connectivity index (χ3n) is 2.73. The van der Waals surface area contributed by atoms with Crippen LogP contribution in [0.5, 0.6) is 11.5 Å². The maximum atomic E-state index is 11.8. The highest BCUT2D eigenvalue weighted by atomic mass is 16.6. The normalized spacial score (nSPS) is 9.96. The lowest BCUT2D eigenvalue weighted by Crippen LogP contribution is -2.20. The quantitative estimate of drug-likeness (QED) is 0.621. The molecule has 0 bridgehead atoms. The number of carbonyl (C=O) groups is 1. The largest absolute Gasteiger partial charge is 0.494 e. The summed E-state index contributed by atoms with van der Waals surface area (Å²) >= 11 is 0. The first kappa shape index (κ1) is 16.2. The molecule has 0 saturated heterocycles. The fourth-order valence-electron chi connectivity index (χ4n) is 1.77. The van der Waals surface area contributed by atoms with E-state index in [1.165, 1.54) is 18.3 Å². The van der Waals surface area contributed by atoms with Crippen LogP contribution < -0.4 is 14.8 Å². The Kier molecular flexibility index (Phi) is 5.45. The van der Waals surface area contributed by atoms with Crippen molar-refractivity contribution in [3.05, 3.63) is 52.7 Å². The van der Waals surface area contributed by atoms with E-state index >= 15 is 0 Å². The van der Waals surface area contributed by atoms with Crippen molar-refractivity contribution in [3.63, 3.8) is 0 Å². The number of anilines is 1. The molecule has 1 aromatic heterocycles. The second-order valence-electron chi connectivity index (χ2n) is 4.38. The molecule has 0 radical (unpaired) electrons. The average Bonchev–Trinajstić information content (AvgIpc) is 2.55. The first-order valence-corrected chi connectivity index (χ1v) is 6.85. The molecule has 2 aromatic rings. The summed E-state index contributed by atoms with van der Waals surface area (Å²) in [7, 11) is 0. The number of ether oxygens (including phenoxy) is 2. The van der Waals surface area contributed by atoms with E-state index in [2.05, 4.69) is 10.3 Å². The summed E-state index contributed by atoms with van der Waals surface area (Å²) < 4.78 is 10.5. The standard InChI is InChI=1S/C15H15N3O5/c1-2-22-12-7-5-11(6-8-12)17-14(19)10-23-13-4-3-9-16-15(13)18(20)21/h3-9H,2,10H2,1H3,(H,17,19). The molecular formula is C15H15N3O5. The highest BCUT2D eigenvalue weighted by molar-refractivity contribution is 5.91. The minimum absolute atomic E-state index is 0.0562. The zero-order valence-electron chi connectivity index (χ0n) is 12.4. The maximum Gasteiger partial charge on any atom is 0.406 e. The van der Waals surface area contributed by atoms with Gasteiger partial charge >= 0.3 is 5.82 Å². The van der Waals surface area contributed by atoms with E-state index in [1.54, 1.807) is 24.3 Å². The molecule has 0 aliphatic carbocycles. The Bertz CT molecular complexity index is 688. The van der Waals surface area contributed by atoms with Gasteiger partial charge in [0, 0.05) is 5.69 Å². The van der Waals surface area contributed by atoms with E-state index in [1.807, 2.05) is 6.92 Å². The molecule has 0 aliphatic heterocycles. The molecular weight excluding hydrogens is 302 g/mol. The van der Waals surface area contributed by atoms with Gasteiger partial charge in [0.25, 0.3) is 5.91 Å². The number of carbonyl (C=O) groups excluding carboxylic acids is 1. The monoisotopic (exact) mass is 317 g/mol. The Morgan fingerprint density at radius 2 is 2.00 bits per heavy atom. The molecule has 1 aromatic carbocycles. The van der Waals surface area contributed by atoms with Gasteiger partial charge in [-0.1, -0.05) is 0 Å². The molecule has 0 unspecified atom stereocenters. The van der Waals surface area contributed by atoms with Crippen LogP contribution in [0.15, 0.2) is 42.6 Å². The molecule has 2 rings (SSSR count). The Balaban J connectivity index is 1.91. The van der Waals surface area contributed by atoms with Crippen molar-refractivity contribution in [1.82, 2.24) is 4.98 Å². The molecule has 1 amide bonds. The lowest BCUT2D eigenvalue weighted by atomic mass is 10.3. The van der Waals surface area contributed by atoms with Crippen molar-refractivity contribution in [2.24, 2.45) is 0 Å². The molecule has 0 saturated carbocycles. The number of nitrogens with one attached hydrogen (secondary N) is 1. The molecule has 1 N–H and O–H groups in total. The molecule has 0 fully saturated rings. The van der Waals surface area contributed by atoms with Gasteiger partial charge in [-0.15, -0.1) is 0 Å². The number of benzene rings is 1. The lowest BCUT2D eigenvalue weighted by Gasteiger charge is -2.08. The molecule has 0 spiro atoms. The van der Waals surface area contributed by atoms with Gasteiger partial charge in [-0.2, -0.15) is 0 Å². The van der Waals surface area contributed by atoms with Crippen molar-refractivity contribution in [2.75, 3.05) is 18.5 Å². The number of pyridine rings is 1. The van der Waals surface area contributed by atoms with Gasteiger partial charge in [0.2, 0.25) is 5.75 Å². The minimum atomic E-state index is -0.667. The van der Waals surface area contributed by atoms with Gasteiger partial charge in [-0.25, -0.2) is 0 Å². The first-order valence-electron chi connectivity index (χ1n) is 6.85. The fourth-order valence-corrected chi connectivity index (χ4v) is 1.77. The molecule has 8 heteroatoms. The van der Waals surface area contributed by atoms with Gasteiger partial charge in [0.15, 0.2) is 6.61 Å². The first-order chi connectivity index (χ1) is 11.1. The molecule has 0 atom stereocenters. The Morgan fingerprint density at radius 3 is 2.65 bits per heavy atom. The summed E-state index contributed by atoms with van der Waals surface area (Å²) in [6.07, 6.45) is 1.28. The lowest BCUT2D eigenvalue weighted by molar-refractivity contribution is -0.390. The molecule has 8 nitrogen and oxygen atoms in total. The predicted molar refractivity (Wildman–Crippen MR) is 82.6 cm³/mol. The number of amides is 1. The van der Waals surface area contributed by atoms with E-state index < -0.39 is 16.6 Å². The van der Waals surface area contributed by atoms with E-state index in [9.17, 15) is 14.9 Å². The summed E-state index contributed by atoms with van der Waals surface area (Å²) in [6, 6.07) is 9.71. The fraction of sp³-hybridized carbons (Fsp3) is 0.200. The predicted octanol–water partition coefficient (Wildman–Crippen LogP) is 2.41. The van der Waals surface area contributed by atoms with Crippen molar-refractivity contribution >= 4 is 17.4 Å². The molecule has 1 heterocycles. The zero-order chi connectivity index (χ0) is 16.7. The van der Waals surface area contributed by atoms with Crippen molar-refractivity contribution < 1.29 is 19.2 Å². The highest BCUT2D eigenvalue weighted by Gasteiger charge is 2.16. The zero-order valence-corrected chi connectivity index (χ0v) is 12.4. The second-order valence-corrected chi connectivity index (χ2v) is 4.38. The van der Waals surface area contributed by atoms with E-state index in [0.717, 1.165) is 0 Å². The Hall–Kier alpha value is -3.16. The van der Waals surface area contributed by atoms with Crippen LogP contribution in [-0.2, 0) is 4.79 Å². The third-order valence-corrected chi connectivity index (χ3v) is 2.73. The third kappa shape index (κ3) is 4.67. The minimum Gasteiger partial charge on any atom is -0.494 e. The van der Waals surface area contributed by atoms with Gasteiger partial charge in [-0.3, -0.25) is 4.79 Å². The second kappa shape index (κ2) is 7.74. The topological polar surface area (TPSA) is 104 Å². The van der Waals surface area contributed by atoms with Crippen LogP contribution in [0.25, 0.3) is 0 Å². The van der Waals surface area contributed by atoms with Crippen LogP contribution in [0.3, 0.4) is 0 Å². The van der Waals surface area contributed by atoms with Gasteiger partial charge in [0.05, 0.1) is 6.61 Å². The van der Waals surface area contributed by atoms with Gasteiger partial charge in [0.1, 0.15) is 11.9 Å². The van der Waals surface area contributed by atoms with Crippen molar-refractivity contribution in [3.8, 4) is 11.5 Å². The van der Waals surface area contributed by atoms with Crippen molar-refractivity contribution in [2.45, 2.75) is 6.92 Å². The van der Waals surface area contributed by atoms with Crippen LogP contribution in [0.4, 0.5) is 11.5 Å². The smallest absolute Gasteiger partial charge is 0.406 e. The average molecular weight is 317 g/mol. The number of nitrogens with zero attached hydrogens (tertiary/aromatic N) is 2. The summed E-state index contributed by atoms with van der Waals surface area (Å²) in [4.78, 5) is 25.5. The number of hydrogen-bond donors (Lipinski definition) is 1. The summed E-state index contributed by atoms with van der Waals surface area (Å²) in [5, 5.41) is 13.4. The summed E-state index contributed by atoms with van der Waals surface area (Å²) in [6.45, 7) is 2.08. The maximum absolute atomic E-state index is 11.8. The Morgan fingerprint density at radius 1 is 1.26 bits per heavy atom. The number of nitro groups is 1. The number of aromatic nitrogens is 1. The van der Waals surface area contributed by atoms with Gasteiger partial charge < -0.3 is 24.9 Å². The van der Waals surface area contributed by atoms with Crippen LogP contribution in [-0.4, -0.2) is 29.0 Å². The molecule has 0 aliphatic rings. The molecule has 23 heavy (non-hydrogen) atoms. The van der Waals surface area contributed by atoms with Gasteiger partial charge in [-0.05, 0) is 53.2 Å². The highest BCUT2D eigenvalue weighted by Crippen LogP contribution is 2.22. The SMILES string of the molecule is CCOc1ccc(NC(=O)COc2cccnc2[N+](=O)[O-])cc1. The summed E-state index contributed by atoms with van der Waals surface area (Å²) in [5.41, 5.74) is 0.572. The van der Waals surface area contributed by atoms with Crippen LogP contribution in [0.1, 0.15) is 6.92 Å².